The quantitative estimate of drug-likeness (QED) is 0.784. The van der Waals surface area contributed by atoms with E-state index >= 15 is 0 Å². The van der Waals surface area contributed by atoms with Crippen molar-refractivity contribution in [1.82, 2.24) is 4.98 Å². The van der Waals surface area contributed by atoms with Crippen LogP contribution >= 0.6 is 0 Å². The lowest BCUT2D eigenvalue weighted by atomic mass is 10.2. The molecular formula is C11H16N2O3. The number of rotatable bonds is 4. The molecule has 0 unspecified atom stereocenters. The van der Waals surface area contributed by atoms with Crippen LogP contribution in [0.3, 0.4) is 0 Å². The predicted molar refractivity (Wildman–Crippen MR) is 60.3 cm³/mol. The van der Waals surface area contributed by atoms with Gasteiger partial charge in [0.1, 0.15) is 0 Å². The lowest BCUT2D eigenvalue weighted by Crippen LogP contribution is -2.10. The number of esters is 1. The van der Waals surface area contributed by atoms with E-state index in [4.69, 9.17) is 10.5 Å². The Morgan fingerprint density at radius 3 is 2.75 bits per heavy atom. The average Bonchev–Trinajstić information content (AvgIpc) is 2.26. The van der Waals surface area contributed by atoms with Crippen molar-refractivity contribution < 1.29 is 14.3 Å². The molecule has 0 saturated carbocycles. The average molecular weight is 224 g/mol. The third kappa shape index (κ3) is 3.12. The maximum Gasteiger partial charge on any atom is 0.356 e. The van der Waals surface area contributed by atoms with E-state index in [0.29, 0.717) is 18.2 Å². The zero-order valence-electron chi connectivity index (χ0n) is 9.69. The Morgan fingerprint density at radius 2 is 2.19 bits per heavy atom. The second-order valence-electron chi connectivity index (χ2n) is 3.79. The fraction of sp³-hybridized carbons (Fsp3) is 0.455. The van der Waals surface area contributed by atoms with E-state index in [9.17, 15) is 4.79 Å². The summed E-state index contributed by atoms with van der Waals surface area (Å²) in [6, 6.07) is 3.08. The van der Waals surface area contributed by atoms with Gasteiger partial charge in [-0.25, -0.2) is 9.78 Å². The lowest BCUT2D eigenvalue weighted by Gasteiger charge is -2.10. The van der Waals surface area contributed by atoms with Gasteiger partial charge in [-0.15, -0.1) is 0 Å². The second kappa shape index (κ2) is 5.34. The molecule has 0 aliphatic carbocycles. The highest BCUT2D eigenvalue weighted by molar-refractivity contribution is 5.87. The van der Waals surface area contributed by atoms with Crippen LogP contribution in [0.5, 0.6) is 5.88 Å². The molecule has 0 spiro atoms. The molecule has 16 heavy (non-hydrogen) atoms. The molecule has 0 bridgehead atoms. The maximum atomic E-state index is 11.2. The summed E-state index contributed by atoms with van der Waals surface area (Å²) in [6.07, 6.45) is 0. The highest BCUT2D eigenvalue weighted by atomic mass is 16.5. The third-order valence-corrected chi connectivity index (χ3v) is 1.84. The molecule has 5 heteroatoms. The minimum Gasteiger partial charge on any atom is -0.476 e. The van der Waals surface area contributed by atoms with Gasteiger partial charge in [0, 0.05) is 0 Å². The van der Waals surface area contributed by atoms with Crippen molar-refractivity contribution in [3.63, 3.8) is 0 Å². The second-order valence-corrected chi connectivity index (χ2v) is 3.79. The molecule has 0 amide bonds. The maximum absolute atomic E-state index is 11.2. The van der Waals surface area contributed by atoms with Crippen molar-refractivity contribution in [2.24, 2.45) is 5.92 Å². The van der Waals surface area contributed by atoms with Crippen molar-refractivity contribution >= 4 is 11.7 Å². The molecule has 2 N–H and O–H groups in total. The number of methoxy groups -OCH3 is 1. The van der Waals surface area contributed by atoms with Crippen LogP contribution in [0.4, 0.5) is 5.69 Å². The Labute approximate surface area is 94.6 Å². The number of nitrogens with zero attached hydrogens (tertiary/aromatic N) is 1. The van der Waals surface area contributed by atoms with Crippen LogP contribution in [0.15, 0.2) is 12.1 Å². The molecule has 88 valence electrons. The molecule has 0 atom stereocenters. The highest BCUT2D eigenvalue weighted by Crippen LogP contribution is 2.19. The molecule has 0 aliphatic rings. The third-order valence-electron chi connectivity index (χ3n) is 1.84. The minimum atomic E-state index is -0.505. The van der Waals surface area contributed by atoms with Crippen molar-refractivity contribution in [3.05, 3.63) is 17.8 Å². The normalized spacial score (nSPS) is 10.2. The van der Waals surface area contributed by atoms with Gasteiger partial charge in [-0.1, -0.05) is 13.8 Å². The summed E-state index contributed by atoms with van der Waals surface area (Å²) < 4.78 is 9.95. The van der Waals surface area contributed by atoms with Crippen LogP contribution in [0.2, 0.25) is 0 Å². The first-order chi connectivity index (χ1) is 7.54. The standard InChI is InChI=1S/C11H16N2O3/c1-7(2)6-16-10-8(12)4-5-9(13-10)11(14)15-3/h4-5,7H,6,12H2,1-3H3. The van der Waals surface area contributed by atoms with Gasteiger partial charge in [-0.3, -0.25) is 0 Å². The largest absolute Gasteiger partial charge is 0.476 e. The number of hydrogen-bond donors (Lipinski definition) is 1. The predicted octanol–water partition coefficient (Wildman–Crippen LogP) is 1.49. The fourth-order valence-electron chi connectivity index (χ4n) is 1.03. The fourth-order valence-corrected chi connectivity index (χ4v) is 1.03. The first-order valence-electron chi connectivity index (χ1n) is 5.02. The molecule has 1 aromatic rings. The van der Waals surface area contributed by atoms with Gasteiger partial charge in [0.05, 0.1) is 19.4 Å². The van der Waals surface area contributed by atoms with E-state index in [1.54, 1.807) is 6.07 Å². The zero-order chi connectivity index (χ0) is 12.1. The Bertz CT molecular complexity index is 377. The summed E-state index contributed by atoms with van der Waals surface area (Å²) in [5.41, 5.74) is 6.28. The van der Waals surface area contributed by atoms with Crippen molar-refractivity contribution in [3.8, 4) is 5.88 Å². The van der Waals surface area contributed by atoms with Gasteiger partial charge < -0.3 is 15.2 Å². The monoisotopic (exact) mass is 224 g/mol. The van der Waals surface area contributed by atoms with E-state index in [1.165, 1.54) is 13.2 Å². The number of pyridine rings is 1. The van der Waals surface area contributed by atoms with Crippen molar-refractivity contribution in [2.45, 2.75) is 13.8 Å². The van der Waals surface area contributed by atoms with E-state index in [0.717, 1.165) is 0 Å². The number of aromatic nitrogens is 1. The lowest BCUT2D eigenvalue weighted by molar-refractivity contribution is 0.0592. The SMILES string of the molecule is COC(=O)c1ccc(N)c(OCC(C)C)n1. The van der Waals surface area contributed by atoms with Crippen LogP contribution in [0.25, 0.3) is 0 Å². The van der Waals surface area contributed by atoms with Gasteiger partial charge in [0.2, 0.25) is 5.88 Å². The molecule has 0 fully saturated rings. The number of nitrogens with two attached hydrogens (primary N) is 1. The van der Waals surface area contributed by atoms with Crippen LogP contribution in [0.1, 0.15) is 24.3 Å². The van der Waals surface area contributed by atoms with Crippen LogP contribution in [-0.2, 0) is 4.74 Å². The Balaban J connectivity index is 2.86. The Hall–Kier alpha value is -1.78. The summed E-state index contributed by atoms with van der Waals surface area (Å²) in [7, 11) is 1.30. The van der Waals surface area contributed by atoms with E-state index < -0.39 is 5.97 Å². The molecule has 0 radical (unpaired) electrons. The van der Waals surface area contributed by atoms with E-state index in [1.807, 2.05) is 13.8 Å². The number of hydrogen-bond acceptors (Lipinski definition) is 5. The van der Waals surface area contributed by atoms with Gasteiger partial charge in [-0.05, 0) is 18.1 Å². The van der Waals surface area contributed by atoms with E-state index in [2.05, 4.69) is 9.72 Å². The number of ether oxygens (including phenoxy) is 2. The summed E-state index contributed by atoms with van der Waals surface area (Å²) in [5, 5.41) is 0. The first-order valence-corrected chi connectivity index (χ1v) is 5.02. The van der Waals surface area contributed by atoms with E-state index in [-0.39, 0.29) is 11.6 Å². The van der Waals surface area contributed by atoms with Gasteiger partial charge >= 0.3 is 5.97 Å². The minimum absolute atomic E-state index is 0.190. The molecular weight excluding hydrogens is 208 g/mol. The summed E-state index contributed by atoms with van der Waals surface area (Å²) in [5.74, 6) is 0.133. The molecule has 0 aliphatic heterocycles. The van der Waals surface area contributed by atoms with Crippen LogP contribution in [0, 0.1) is 5.92 Å². The summed E-state index contributed by atoms with van der Waals surface area (Å²) in [6.45, 7) is 4.53. The molecule has 1 heterocycles. The van der Waals surface area contributed by atoms with Crippen LogP contribution < -0.4 is 10.5 Å². The molecule has 0 saturated heterocycles. The molecule has 5 nitrogen and oxygen atoms in total. The van der Waals surface area contributed by atoms with Gasteiger partial charge in [0.25, 0.3) is 0 Å². The number of nitrogen functional groups attached to an aromatic ring is 1. The highest BCUT2D eigenvalue weighted by Gasteiger charge is 2.11. The smallest absolute Gasteiger partial charge is 0.356 e. The number of carbonyl (C=O) groups is 1. The number of carbonyl (C=O) groups excluding carboxylic acids is 1. The number of anilines is 1. The van der Waals surface area contributed by atoms with Crippen LogP contribution in [-0.4, -0.2) is 24.7 Å². The topological polar surface area (TPSA) is 74.4 Å². The van der Waals surface area contributed by atoms with Gasteiger partial charge in [-0.2, -0.15) is 0 Å². The van der Waals surface area contributed by atoms with Gasteiger partial charge in [0.15, 0.2) is 5.69 Å². The summed E-state index contributed by atoms with van der Waals surface area (Å²) >= 11 is 0. The molecule has 1 aromatic heterocycles. The zero-order valence-corrected chi connectivity index (χ0v) is 9.69. The first kappa shape index (κ1) is 12.3. The molecule has 1 rings (SSSR count). The summed E-state index contributed by atoms with van der Waals surface area (Å²) in [4.78, 5) is 15.2. The van der Waals surface area contributed by atoms with Crippen molar-refractivity contribution in [1.29, 1.82) is 0 Å². The Kier molecular flexibility index (Phi) is 4.10. The molecule has 0 aromatic carbocycles. The Morgan fingerprint density at radius 1 is 1.50 bits per heavy atom. The van der Waals surface area contributed by atoms with Crippen molar-refractivity contribution in [2.75, 3.05) is 19.5 Å².